The number of methoxy groups -OCH3 is 1. The number of anilines is 2. The van der Waals surface area contributed by atoms with Crippen LogP contribution in [0.3, 0.4) is 0 Å². The number of hydrogen-bond acceptors (Lipinski definition) is 6. The molecule has 0 spiro atoms. The van der Waals surface area contributed by atoms with E-state index in [4.69, 9.17) is 14.2 Å². The predicted octanol–water partition coefficient (Wildman–Crippen LogP) is 5.65. The van der Waals surface area contributed by atoms with E-state index >= 15 is 0 Å². The Morgan fingerprint density at radius 3 is 2.71 bits per heavy atom. The van der Waals surface area contributed by atoms with Gasteiger partial charge < -0.3 is 29.8 Å². The van der Waals surface area contributed by atoms with Crippen molar-refractivity contribution in [3.05, 3.63) is 53.7 Å². The first-order valence-electron chi connectivity index (χ1n) is 13.3. The molecule has 8 nitrogen and oxygen atoms in total. The Morgan fingerprint density at radius 2 is 1.89 bits per heavy atom. The van der Waals surface area contributed by atoms with Gasteiger partial charge in [0.25, 0.3) is 5.91 Å². The number of fused-ring (bicyclic) bond motifs is 3. The first kappa shape index (κ1) is 26.0. The number of ether oxygens (including phenoxy) is 3. The third-order valence-electron chi connectivity index (χ3n) is 7.79. The molecule has 0 aliphatic carbocycles. The topological polar surface area (TPSA) is 97.5 Å². The maximum absolute atomic E-state index is 14.6. The Morgan fingerprint density at radius 1 is 1.11 bits per heavy atom. The summed E-state index contributed by atoms with van der Waals surface area (Å²) in [5, 5.41) is 6.34. The summed E-state index contributed by atoms with van der Waals surface area (Å²) in [6.07, 6.45) is 6.03. The van der Waals surface area contributed by atoms with Crippen molar-refractivity contribution in [2.45, 2.75) is 39.0 Å². The average Bonchev–Trinajstić information content (AvgIpc) is 3.29. The Labute approximate surface area is 222 Å². The number of carbonyl (C=O) groups is 1. The number of carbonyl (C=O) groups excluding carboxylic acids is 1. The minimum absolute atomic E-state index is 0.0295. The molecule has 4 heterocycles. The number of hydrogen-bond donors (Lipinski definition) is 3. The minimum Gasteiger partial charge on any atom is -0.492 e. The molecule has 2 aliphatic heterocycles. The first-order chi connectivity index (χ1) is 18.5. The molecule has 2 bridgehead atoms. The molecule has 38 heavy (non-hydrogen) atoms. The normalized spacial score (nSPS) is 22.1. The summed E-state index contributed by atoms with van der Waals surface area (Å²) in [4.78, 5) is 21.1. The summed E-state index contributed by atoms with van der Waals surface area (Å²) in [7, 11) is 1.42. The third-order valence-corrected chi connectivity index (χ3v) is 7.79. The minimum atomic E-state index is -0.496. The summed E-state index contributed by atoms with van der Waals surface area (Å²) in [6, 6.07) is 6.53. The van der Waals surface area contributed by atoms with Gasteiger partial charge in [0.05, 0.1) is 42.5 Å². The highest BCUT2D eigenvalue weighted by Crippen LogP contribution is 2.44. The zero-order chi connectivity index (χ0) is 26.6. The van der Waals surface area contributed by atoms with Gasteiger partial charge in [0, 0.05) is 43.1 Å². The highest BCUT2D eigenvalue weighted by atomic mass is 19.1. The van der Waals surface area contributed by atoms with Crippen LogP contribution < -0.4 is 20.1 Å². The number of nitrogens with zero attached hydrogens (tertiary/aromatic N) is 1. The van der Waals surface area contributed by atoms with Crippen LogP contribution in [0.4, 0.5) is 15.8 Å². The number of halogens is 1. The number of benzene rings is 1. The number of rotatable bonds is 3. The van der Waals surface area contributed by atoms with E-state index in [-0.39, 0.29) is 17.6 Å². The summed E-state index contributed by atoms with van der Waals surface area (Å²) >= 11 is 0. The van der Waals surface area contributed by atoms with Gasteiger partial charge in [-0.15, -0.1) is 0 Å². The average molecular weight is 523 g/mol. The van der Waals surface area contributed by atoms with E-state index in [1.807, 2.05) is 6.07 Å². The molecule has 1 amide bonds. The maximum Gasteiger partial charge on any atom is 0.255 e. The van der Waals surface area contributed by atoms with Crippen molar-refractivity contribution in [1.29, 1.82) is 0 Å². The van der Waals surface area contributed by atoms with E-state index in [2.05, 4.69) is 34.4 Å². The lowest BCUT2D eigenvalue weighted by atomic mass is 9.91. The van der Waals surface area contributed by atoms with Crippen molar-refractivity contribution < 1.29 is 23.4 Å². The molecule has 3 aromatic rings. The number of aromatic nitrogens is 2. The van der Waals surface area contributed by atoms with Gasteiger partial charge in [-0.1, -0.05) is 19.9 Å². The number of para-hydroxylation sites is 1. The molecule has 3 unspecified atom stereocenters. The highest BCUT2D eigenvalue weighted by Gasteiger charge is 2.34. The van der Waals surface area contributed by atoms with Crippen LogP contribution in [0.2, 0.25) is 0 Å². The van der Waals surface area contributed by atoms with E-state index < -0.39 is 5.82 Å². The molecule has 1 aromatic carbocycles. The Bertz CT molecular complexity index is 1290. The van der Waals surface area contributed by atoms with Gasteiger partial charge in [-0.3, -0.25) is 9.78 Å². The Balaban J connectivity index is 1.63. The van der Waals surface area contributed by atoms with Crippen molar-refractivity contribution in [3.63, 3.8) is 0 Å². The molecule has 0 saturated carbocycles. The van der Waals surface area contributed by atoms with Crippen LogP contribution in [0.15, 0.2) is 36.7 Å². The van der Waals surface area contributed by atoms with Crippen LogP contribution in [0.25, 0.3) is 11.3 Å². The standard InChI is InChI=1S/C29H35FN4O4/c1-17-8-12-37-13-10-19-15-32-29(35)24-25(19)34-26(20-7-11-31-16-23(20)38-14-9-18(17)2)27(24)33-22-6-4-5-21(30)28(22)36-3/h4-7,11,16-19,33-34H,8-10,12-15H2,1-3H3,(H,32,35). The van der Waals surface area contributed by atoms with Gasteiger partial charge in [-0.05, 0) is 49.3 Å². The lowest BCUT2D eigenvalue weighted by molar-refractivity contribution is 0.0913. The summed E-state index contributed by atoms with van der Waals surface area (Å²) in [5.74, 6) is 1.02. The number of amides is 1. The van der Waals surface area contributed by atoms with Crippen LogP contribution in [0.1, 0.15) is 55.1 Å². The Hall–Kier alpha value is -3.59. The smallest absolute Gasteiger partial charge is 0.255 e. The molecule has 202 valence electrons. The SMILES string of the molecule is COc1c(F)cccc1Nc1c2[nH]c3c1C(=O)NCC3CCOCCC(C)C(C)CCOc1cnccc1-2. The lowest BCUT2D eigenvalue weighted by Crippen LogP contribution is -2.35. The van der Waals surface area contributed by atoms with Gasteiger partial charge in [0.15, 0.2) is 11.6 Å². The molecule has 0 fully saturated rings. The number of H-pyrrole nitrogens is 1. The van der Waals surface area contributed by atoms with E-state index in [9.17, 15) is 9.18 Å². The zero-order valence-electron chi connectivity index (χ0n) is 22.1. The van der Waals surface area contributed by atoms with E-state index in [0.29, 0.717) is 66.6 Å². The molecule has 0 radical (unpaired) electrons. The maximum atomic E-state index is 14.6. The summed E-state index contributed by atoms with van der Waals surface area (Å²) in [5.41, 5.74) is 3.71. The second kappa shape index (κ2) is 11.4. The third kappa shape index (κ3) is 5.20. The van der Waals surface area contributed by atoms with Gasteiger partial charge in [-0.25, -0.2) is 4.39 Å². The van der Waals surface area contributed by atoms with Crippen molar-refractivity contribution in [2.24, 2.45) is 11.8 Å². The molecule has 5 rings (SSSR count). The van der Waals surface area contributed by atoms with Crippen molar-refractivity contribution in [3.8, 4) is 22.8 Å². The van der Waals surface area contributed by atoms with Gasteiger partial charge in [0.2, 0.25) is 0 Å². The lowest BCUT2D eigenvalue weighted by Gasteiger charge is -2.24. The first-order valence-corrected chi connectivity index (χ1v) is 13.3. The molecular formula is C29H35FN4O4. The molecule has 2 aromatic heterocycles. The van der Waals surface area contributed by atoms with Crippen LogP contribution >= 0.6 is 0 Å². The van der Waals surface area contributed by atoms with Crippen molar-refractivity contribution in [1.82, 2.24) is 15.3 Å². The highest BCUT2D eigenvalue weighted by molar-refractivity contribution is 6.07. The van der Waals surface area contributed by atoms with Crippen molar-refractivity contribution >= 4 is 17.3 Å². The summed E-state index contributed by atoms with van der Waals surface area (Å²) < 4.78 is 32.2. The summed E-state index contributed by atoms with van der Waals surface area (Å²) in [6.45, 7) is 6.84. The van der Waals surface area contributed by atoms with Crippen LogP contribution in [-0.2, 0) is 4.74 Å². The van der Waals surface area contributed by atoms with Gasteiger partial charge >= 0.3 is 0 Å². The molecule has 0 saturated heterocycles. The Kier molecular flexibility index (Phi) is 7.83. The van der Waals surface area contributed by atoms with E-state index in [1.165, 1.54) is 13.2 Å². The quantitative estimate of drug-likeness (QED) is 0.412. The molecular weight excluding hydrogens is 487 g/mol. The van der Waals surface area contributed by atoms with E-state index in [0.717, 1.165) is 30.5 Å². The monoisotopic (exact) mass is 522 g/mol. The van der Waals surface area contributed by atoms with Gasteiger partial charge in [-0.2, -0.15) is 0 Å². The van der Waals surface area contributed by atoms with Crippen LogP contribution in [0.5, 0.6) is 11.5 Å². The fourth-order valence-corrected chi connectivity index (χ4v) is 5.21. The molecule has 9 heteroatoms. The second-order valence-electron chi connectivity index (χ2n) is 10.2. The van der Waals surface area contributed by atoms with E-state index in [1.54, 1.807) is 24.5 Å². The number of nitrogens with one attached hydrogen (secondary N) is 3. The molecule has 2 aliphatic rings. The van der Waals surface area contributed by atoms with Gasteiger partial charge in [0.1, 0.15) is 5.75 Å². The molecule has 3 N–H and O–H groups in total. The fraction of sp³-hybridized carbons (Fsp3) is 0.448. The zero-order valence-corrected chi connectivity index (χ0v) is 22.1. The second-order valence-corrected chi connectivity index (χ2v) is 10.2. The van der Waals surface area contributed by atoms with Crippen LogP contribution in [0, 0.1) is 17.7 Å². The number of pyridine rings is 1. The number of aromatic amines is 1. The fourth-order valence-electron chi connectivity index (χ4n) is 5.21. The molecule has 3 atom stereocenters. The van der Waals surface area contributed by atoms with Crippen LogP contribution in [-0.4, -0.2) is 49.4 Å². The predicted molar refractivity (Wildman–Crippen MR) is 144 cm³/mol. The van der Waals surface area contributed by atoms with Crippen molar-refractivity contribution in [2.75, 3.05) is 38.8 Å². The largest absolute Gasteiger partial charge is 0.492 e.